The quantitative estimate of drug-likeness (QED) is 0.650. The average molecular weight is 332 g/mol. The second kappa shape index (κ2) is 7.52. The van der Waals surface area contributed by atoms with E-state index >= 15 is 0 Å². The van der Waals surface area contributed by atoms with E-state index in [-0.39, 0.29) is 6.10 Å². The lowest BCUT2D eigenvalue weighted by Gasteiger charge is -2.07. The van der Waals surface area contributed by atoms with Crippen LogP contribution in [-0.2, 0) is 4.74 Å². The third kappa shape index (κ3) is 3.86. The van der Waals surface area contributed by atoms with E-state index in [1.165, 1.54) is 0 Å². The lowest BCUT2D eigenvalue weighted by atomic mass is 10.2. The Labute approximate surface area is 140 Å². The Hall–Kier alpha value is -1.99. The largest absolute Gasteiger partial charge is 0.494 e. The van der Waals surface area contributed by atoms with Crippen molar-refractivity contribution < 1.29 is 9.47 Å². The van der Waals surface area contributed by atoms with Crippen LogP contribution < -0.4 is 4.74 Å². The van der Waals surface area contributed by atoms with Crippen molar-refractivity contribution in [2.45, 2.75) is 32.3 Å². The van der Waals surface area contributed by atoms with Crippen molar-refractivity contribution in [3.8, 4) is 5.75 Å². The Morgan fingerprint density at radius 2 is 2.30 bits per heavy atom. The normalized spacial score (nSPS) is 17.9. The van der Waals surface area contributed by atoms with Gasteiger partial charge in [0.05, 0.1) is 12.8 Å². The molecule has 23 heavy (non-hydrogen) atoms. The molecule has 1 fully saturated rings. The molecule has 1 aliphatic heterocycles. The zero-order valence-electron chi connectivity index (χ0n) is 13.1. The molecule has 2 aromatic rings. The van der Waals surface area contributed by atoms with Crippen molar-refractivity contribution in [1.82, 2.24) is 14.9 Å². The summed E-state index contributed by atoms with van der Waals surface area (Å²) in [6, 6.07) is 7.80. The van der Waals surface area contributed by atoms with Gasteiger partial charge in [-0.25, -0.2) is 0 Å². The van der Waals surface area contributed by atoms with Crippen LogP contribution in [0.25, 0.3) is 0 Å². The van der Waals surface area contributed by atoms with Gasteiger partial charge in [0.25, 0.3) is 0 Å². The number of aromatic nitrogens is 3. The fraction of sp³-hybridized carbons (Fsp3) is 0.438. The molecular weight excluding hydrogens is 312 g/mol. The molecule has 1 unspecified atom stereocenters. The van der Waals surface area contributed by atoms with Crippen LogP contribution in [0.4, 0.5) is 0 Å². The number of nitrogens with zero attached hydrogens (tertiary/aromatic N) is 3. The summed E-state index contributed by atoms with van der Waals surface area (Å²) >= 11 is 5.25. The van der Waals surface area contributed by atoms with Crippen molar-refractivity contribution in [1.29, 1.82) is 0 Å². The Morgan fingerprint density at radius 3 is 3.00 bits per heavy atom. The first-order chi connectivity index (χ1) is 11.3. The molecule has 1 aromatic carbocycles. The molecule has 0 saturated carbocycles. The summed E-state index contributed by atoms with van der Waals surface area (Å²) in [5.41, 5.74) is 0.968. The predicted molar refractivity (Wildman–Crippen MR) is 90.6 cm³/mol. The maximum atomic E-state index is 5.66. The number of nitrogens with one attached hydrogen (secondary N) is 1. The van der Waals surface area contributed by atoms with Gasteiger partial charge in [-0.15, -0.1) is 0 Å². The van der Waals surface area contributed by atoms with Gasteiger partial charge in [-0.1, -0.05) is 6.92 Å². The van der Waals surface area contributed by atoms with Gasteiger partial charge in [0.2, 0.25) is 4.77 Å². The van der Waals surface area contributed by atoms with E-state index < -0.39 is 0 Å². The molecule has 0 radical (unpaired) electrons. The van der Waals surface area contributed by atoms with E-state index in [2.05, 4.69) is 22.2 Å². The summed E-state index contributed by atoms with van der Waals surface area (Å²) in [5, 5.41) is 11.5. The molecule has 3 rings (SSSR count). The van der Waals surface area contributed by atoms with Gasteiger partial charge in [0.15, 0.2) is 5.82 Å². The van der Waals surface area contributed by atoms with Gasteiger partial charge >= 0.3 is 0 Å². The minimum atomic E-state index is -0.0371. The maximum Gasteiger partial charge on any atom is 0.216 e. The van der Waals surface area contributed by atoms with Gasteiger partial charge in [-0.2, -0.15) is 14.9 Å². The molecule has 6 nitrogen and oxygen atoms in total. The summed E-state index contributed by atoms with van der Waals surface area (Å²) < 4.78 is 13.3. The minimum Gasteiger partial charge on any atom is -0.494 e. The zero-order valence-corrected chi connectivity index (χ0v) is 13.9. The Bertz CT molecular complexity index is 714. The van der Waals surface area contributed by atoms with E-state index in [1.54, 1.807) is 10.9 Å². The number of hydrogen-bond acceptors (Lipinski definition) is 5. The molecular formula is C16H20N4O2S. The van der Waals surface area contributed by atoms with Crippen LogP contribution in [0.5, 0.6) is 5.75 Å². The Balaban J connectivity index is 1.75. The maximum absolute atomic E-state index is 5.66. The SMILES string of the molecule is CCCOc1ccc(/C=N\n2c(C3CCCO3)n[nH]c2=S)cc1. The Kier molecular flexibility index (Phi) is 5.19. The van der Waals surface area contributed by atoms with Crippen LogP contribution >= 0.6 is 12.2 Å². The highest BCUT2D eigenvalue weighted by Gasteiger charge is 2.23. The topological polar surface area (TPSA) is 64.4 Å². The fourth-order valence-corrected chi connectivity index (χ4v) is 2.59. The standard InChI is InChI=1S/C16H20N4O2S/c1-2-9-21-13-7-5-12(6-8-13)11-17-20-15(18-19-16(20)23)14-4-3-10-22-14/h5-8,11,14H,2-4,9-10H2,1H3,(H,19,23)/b17-11-. The second-order valence-corrected chi connectivity index (χ2v) is 5.75. The van der Waals surface area contributed by atoms with E-state index in [4.69, 9.17) is 21.7 Å². The van der Waals surface area contributed by atoms with Crippen molar-refractivity contribution in [2.24, 2.45) is 5.10 Å². The molecule has 122 valence electrons. The monoisotopic (exact) mass is 332 g/mol. The molecule has 0 aliphatic carbocycles. The molecule has 0 bridgehead atoms. The molecule has 2 heterocycles. The van der Waals surface area contributed by atoms with Gasteiger partial charge in [-0.3, -0.25) is 5.10 Å². The third-order valence-electron chi connectivity index (χ3n) is 3.57. The fourth-order valence-electron chi connectivity index (χ4n) is 2.40. The van der Waals surface area contributed by atoms with Crippen molar-refractivity contribution in [3.63, 3.8) is 0 Å². The van der Waals surface area contributed by atoms with Crippen LogP contribution in [0.2, 0.25) is 0 Å². The minimum absolute atomic E-state index is 0.0371. The molecule has 1 aliphatic rings. The summed E-state index contributed by atoms with van der Waals surface area (Å²) in [4.78, 5) is 0. The third-order valence-corrected chi connectivity index (χ3v) is 3.83. The molecule has 0 spiro atoms. The first-order valence-corrected chi connectivity index (χ1v) is 8.25. The van der Waals surface area contributed by atoms with Gasteiger partial charge < -0.3 is 9.47 Å². The highest BCUT2D eigenvalue weighted by Crippen LogP contribution is 2.26. The van der Waals surface area contributed by atoms with Crippen molar-refractivity contribution in [3.05, 3.63) is 40.4 Å². The zero-order chi connectivity index (χ0) is 16.1. The predicted octanol–water partition coefficient (Wildman–Crippen LogP) is 3.46. The Morgan fingerprint density at radius 1 is 1.48 bits per heavy atom. The summed E-state index contributed by atoms with van der Waals surface area (Å²) in [6.07, 6.45) is 4.69. The number of H-pyrrole nitrogens is 1. The van der Waals surface area contributed by atoms with Crippen molar-refractivity contribution >= 4 is 18.4 Å². The van der Waals surface area contributed by atoms with Crippen LogP contribution in [0, 0.1) is 4.77 Å². The van der Waals surface area contributed by atoms with E-state index in [0.717, 1.165) is 49.6 Å². The summed E-state index contributed by atoms with van der Waals surface area (Å²) in [5.74, 6) is 1.59. The summed E-state index contributed by atoms with van der Waals surface area (Å²) in [6.45, 7) is 3.57. The summed E-state index contributed by atoms with van der Waals surface area (Å²) in [7, 11) is 0. The van der Waals surface area contributed by atoms with E-state index in [9.17, 15) is 0 Å². The number of ether oxygens (including phenoxy) is 2. The lowest BCUT2D eigenvalue weighted by molar-refractivity contribution is 0.102. The first-order valence-electron chi connectivity index (χ1n) is 7.84. The molecule has 1 N–H and O–H groups in total. The van der Waals surface area contributed by atoms with Crippen LogP contribution in [0.15, 0.2) is 29.4 Å². The van der Waals surface area contributed by atoms with Gasteiger partial charge in [0, 0.05) is 6.61 Å². The van der Waals surface area contributed by atoms with E-state index in [0.29, 0.717) is 4.77 Å². The average Bonchev–Trinajstić information content (AvgIpc) is 3.21. The second-order valence-electron chi connectivity index (χ2n) is 5.36. The molecule has 1 atom stereocenters. The van der Waals surface area contributed by atoms with Crippen molar-refractivity contribution in [2.75, 3.05) is 13.2 Å². The first kappa shape index (κ1) is 15.9. The lowest BCUT2D eigenvalue weighted by Crippen LogP contribution is -2.05. The molecule has 1 saturated heterocycles. The number of benzene rings is 1. The molecule has 1 aromatic heterocycles. The number of hydrogen-bond donors (Lipinski definition) is 1. The highest BCUT2D eigenvalue weighted by molar-refractivity contribution is 7.71. The van der Waals surface area contributed by atoms with Gasteiger partial charge in [0.1, 0.15) is 11.9 Å². The van der Waals surface area contributed by atoms with Crippen LogP contribution in [0.3, 0.4) is 0 Å². The smallest absolute Gasteiger partial charge is 0.216 e. The molecule has 0 amide bonds. The van der Waals surface area contributed by atoms with Crippen LogP contribution in [0.1, 0.15) is 43.7 Å². The van der Waals surface area contributed by atoms with Gasteiger partial charge in [-0.05, 0) is 61.3 Å². The number of aromatic amines is 1. The van der Waals surface area contributed by atoms with Crippen LogP contribution in [-0.4, -0.2) is 34.3 Å². The number of rotatable bonds is 6. The highest BCUT2D eigenvalue weighted by atomic mass is 32.1. The van der Waals surface area contributed by atoms with E-state index in [1.807, 2.05) is 24.3 Å². The molecule has 7 heteroatoms.